The molecule has 1 saturated heterocycles. The number of rotatable bonds is 6. The zero-order chi connectivity index (χ0) is 20.9. The standard InChI is InChI=1S/C20H23N3O5S/c1-29(26,27)18-9-5-4-8-17(18)21-14-19(24)22-16-7-3-2-6-15(16)20(25)23-10-12-28-13-11-23/h2-9,21H,10-14H2,1H3,(H,22,24). The Kier molecular flexibility index (Phi) is 6.50. The average Bonchev–Trinajstić information content (AvgIpc) is 2.72. The summed E-state index contributed by atoms with van der Waals surface area (Å²) in [6.07, 6.45) is 1.11. The van der Waals surface area contributed by atoms with Gasteiger partial charge in [0.1, 0.15) is 0 Å². The summed E-state index contributed by atoms with van der Waals surface area (Å²) in [7, 11) is -3.43. The molecular weight excluding hydrogens is 394 g/mol. The van der Waals surface area contributed by atoms with Gasteiger partial charge in [0, 0.05) is 19.3 Å². The lowest BCUT2D eigenvalue weighted by Crippen LogP contribution is -2.41. The number of carbonyl (C=O) groups is 2. The summed E-state index contributed by atoms with van der Waals surface area (Å²) < 4.78 is 29.0. The summed E-state index contributed by atoms with van der Waals surface area (Å²) in [5.74, 6) is -0.560. The maximum atomic E-state index is 12.8. The molecule has 29 heavy (non-hydrogen) atoms. The molecule has 1 aliphatic rings. The molecule has 1 aliphatic heterocycles. The van der Waals surface area contributed by atoms with Gasteiger partial charge in [0.15, 0.2) is 9.84 Å². The van der Waals surface area contributed by atoms with Crippen molar-refractivity contribution in [3.63, 3.8) is 0 Å². The van der Waals surface area contributed by atoms with Crippen molar-refractivity contribution in [1.82, 2.24) is 4.90 Å². The third kappa shape index (κ3) is 5.33. The van der Waals surface area contributed by atoms with Crippen LogP contribution in [-0.4, -0.2) is 64.2 Å². The molecule has 2 aromatic carbocycles. The van der Waals surface area contributed by atoms with Gasteiger partial charge >= 0.3 is 0 Å². The number of nitrogens with zero attached hydrogens (tertiary/aromatic N) is 1. The topological polar surface area (TPSA) is 105 Å². The van der Waals surface area contributed by atoms with Crippen LogP contribution in [0.3, 0.4) is 0 Å². The van der Waals surface area contributed by atoms with Gasteiger partial charge in [-0.25, -0.2) is 8.42 Å². The Hall–Kier alpha value is -2.91. The van der Waals surface area contributed by atoms with Gasteiger partial charge in [-0.1, -0.05) is 24.3 Å². The number of hydrogen-bond donors (Lipinski definition) is 2. The number of sulfone groups is 1. The Morgan fingerprint density at radius 3 is 2.31 bits per heavy atom. The van der Waals surface area contributed by atoms with E-state index in [0.29, 0.717) is 43.2 Å². The fraction of sp³-hybridized carbons (Fsp3) is 0.300. The van der Waals surface area contributed by atoms with Crippen LogP contribution < -0.4 is 10.6 Å². The van der Waals surface area contributed by atoms with Crippen LogP contribution in [0.2, 0.25) is 0 Å². The van der Waals surface area contributed by atoms with E-state index in [1.807, 2.05) is 0 Å². The Labute approximate surface area is 169 Å². The zero-order valence-corrected chi connectivity index (χ0v) is 16.9. The third-order valence-electron chi connectivity index (χ3n) is 4.46. The first-order valence-corrected chi connectivity index (χ1v) is 11.0. The third-order valence-corrected chi connectivity index (χ3v) is 5.61. The Bertz CT molecular complexity index is 1000. The maximum Gasteiger partial charge on any atom is 0.256 e. The fourth-order valence-corrected chi connectivity index (χ4v) is 3.89. The van der Waals surface area contributed by atoms with Crippen molar-refractivity contribution < 1.29 is 22.7 Å². The van der Waals surface area contributed by atoms with Gasteiger partial charge in [-0.2, -0.15) is 0 Å². The van der Waals surface area contributed by atoms with E-state index < -0.39 is 15.7 Å². The van der Waals surface area contributed by atoms with E-state index in [2.05, 4.69) is 10.6 Å². The Morgan fingerprint density at radius 1 is 1.00 bits per heavy atom. The van der Waals surface area contributed by atoms with Crippen molar-refractivity contribution in [2.24, 2.45) is 0 Å². The highest BCUT2D eigenvalue weighted by Gasteiger charge is 2.21. The van der Waals surface area contributed by atoms with Gasteiger partial charge < -0.3 is 20.3 Å². The van der Waals surface area contributed by atoms with Gasteiger partial charge in [0.25, 0.3) is 5.91 Å². The second-order valence-corrected chi connectivity index (χ2v) is 8.60. The van der Waals surface area contributed by atoms with Gasteiger partial charge in [0.2, 0.25) is 5.91 Å². The Balaban J connectivity index is 1.69. The number of nitrogens with one attached hydrogen (secondary N) is 2. The molecule has 3 rings (SSSR count). The molecule has 0 radical (unpaired) electrons. The molecule has 2 N–H and O–H groups in total. The maximum absolute atomic E-state index is 12.8. The van der Waals surface area contributed by atoms with E-state index in [0.717, 1.165) is 6.26 Å². The smallest absolute Gasteiger partial charge is 0.256 e. The quantitative estimate of drug-likeness (QED) is 0.740. The number of benzene rings is 2. The lowest BCUT2D eigenvalue weighted by molar-refractivity contribution is -0.114. The summed E-state index contributed by atoms with van der Waals surface area (Å²) >= 11 is 0. The largest absolute Gasteiger partial charge is 0.378 e. The molecule has 154 valence electrons. The van der Waals surface area contributed by atoms with Gasteiger partial charge in [0.05, 0.1) is 41.6 Å². The normalized spacial score (nSPS) is 14.3. The van der Waals surface area contributed by atoms with E-state index in [4.69, 9.17) is 4.74 Å². The highest BCUT2D eigenvalue weighted by Crippen LogP contribution is 2.21. The van der Waals surface area contributed by atoms with Crippen molar-refractivity contribution in [1.29, 1.82) is 0 Å². The second kappa shape index (κ2) is 9.06. The SMILES string of the molecule is CS(=O)(=O)c1ccccc1NCC(=O)Nc1ccccc1C(=O)N1CCOCC1. The van der Waals surface area contributed by atoms with Crippen LogP contribution in [0.5, 0.6) is 0 Å². The summed E-state index contributed by atoms with van der Waals surface area (Å²) in [4.78, 5) is 27.0. The van der Waals surface area contributed by atoms with Crippen LogP contribution in [0.25, 0.3) is 0 Å². The van der Waals surface area contributed by atoms with Crippen molar-refractivity contribution >= 4 is 33.0 Å². The summed E-state index contributed by atoms with van der Waals surface area (Å²) in [6, 6.07) is 13.2. The van der Waals surface area contributed by atoms with E-state index in [9.17, 15) is 18.0 Å². The molecule has 0 aliphatic carbocycles. The molecule has 1 heterocycles. The molecule has 0 atom stereocenters. The molecule has 2 aromatic rings. The molecule has 2 amide bonds. The molecule has 1 fully saturated rings. The number of amides is 2. The van der Waals surface area contributed by atoms with Gasteiger partial charge in [-0.15, -0.1) is 0 Å². The predicted molar refractivity (Wildman–Crippen MR) is 110 cm³/mol. The first-order chi connectivity index (χ1) is 13.9. The van der Waals surface area contributed by atoms with E-state index in [-0.39, 0.29) is 17.3 Å². The number of carbonyl (C=O) groups excluding carboxylic acids is 2. The number of morpholine rings is 1. The van der Waals surface area contributed by atoms with Crippen LogP contribution in [-0.2, 0) is 19.4 Å². The lowest BCUT2D eigenvalue weighted by Gasteiger charge is -2.27. The highest BCUT2D eigenvalue weighted by molar-refractivity contribution is 7.90. The van der Waals surface area contributed by atoms with E-state index in [1.165, 1.54) is 6.07 Å². The predicted octanol–water partition coefficient (Wildman–Crippen LogP) is 1.61. The van der Waals surface area contributed by atoms with Crippen molar-refractivity contribution in [3.8, 4) is 0 Å². The molecule has 0 spiro atoms. The molecule has 9 heteroatoms. The number of para-hydroxylation sites is 2. The molecular formula is C20H23N3O5S. The molecule has 8 nitrogen and oxygen atoms in total. The lowest BCUT2D eigenvalue weighted by atomic mass is 10.1. The second-order valence-electron chi connectivity index (χ2n) is 6.62. The van der Waals surface area contributed by atoms with Crippen LogP contribution in [0.4, 0.5) is 11.4 Å². The summed E-state index contributed by atoms with van der Waals surface area (Å²) in [5.41, 5.74) is 1.16. The first-order valence-electron chi connectivity index (χ1n) is 9.15. The number of ether oxygens (including phenoxy) is 1. The first kappa shape index (κ1) is 20.8. The summed E-state index contributed by atoms with van der Waals surface area (Å²) in [5, 5.41) is 5.58. The molecule has 0 unspecified atom stereocenters. The minimum atomic E-state index is -3.43. The van der Waals surface area contributed by atoms with Crippen molar-refractivity contribution in [3.05, 3.63) is 54.1 Å². The minimum Gasteiger partial charge on any atom is -0.378 e. The van der Waals surface area contributed by atoms with Crippen molar-refractivity contribution in [2.75, 3.05) is 49.7 Å². The van der Waals surface area contributed by atoms with Crippen LogP contribution >= 0.6 is 0 Å². The van der Waals surface area contributed by atoms with Crippen LogP contribution in [0, 0.1) is 0 Å². The fourth-order valence-electron chi connectivity index (χ4n) is 3.02. The summed E-state index contributed by atoms with van der Waals surface area (Å²) in [6.45, 7) is 1.84. The van der Waals surface area contributed by atoms with E-state index >= 15 is 0 Å². The van der Waals surface area contributed by atoms with Crippen LogP contribution in [0.1, 0.15) is 10.4 Å². The number of anilines is 2. The average molecular weight is 417 g/mol. The molecule has 0 aromatic heterocycles. The minimum absolute atomic E-state index is 0.121. The van der Waals surface area contributed by atoms with Gasteiger partial charge in [-0.3, -0.25) is 9.59 Å². The van der Waals surface area contributed by atoms with Crippen molar-refractivity contribution in [2.45, 2.75) is 4.90 Å². The van der Waals surface area contributed by atoms with Crippen LogP contribution in [0.15, 0.2) is 53.4 Å². The monoisotopic (exact) mass is 417 g/mol. The highest BCUT2D eigenvalue weighted by atomic mass is 32.2. The zero-order valence-electron chi connectivity index (χ0n) is 16.1. The molecule has 0 saturated carbocycles. The van der Waals surface area contributed by atoms with E-state index in [1.54, 1.807) is 47.4 Å². The number of hydrogen-bond acceptors (Lipinski definition) is 6. The van der Waals surface area contributed by atoms with Gasteiger partial charge in [-0.05, 0) is 24.3 Å². The molecule has 0 bridgehead atoms. The Morgan fingerprint density at radius 2 is 1.62 bits per heavy atom.